The van der Waals surface area contributed by atoms with Gasteiger partial charge in [-0.2, -0.15) is 0 Å². The van der Waals surface area contributed by atoms with E-state index < -0.39 is 0 Å². The van der Waals surface area contributed by atoms with Gasteiger partial charge in [-0.1, -0.05) is 52.3 Å². The number of benzene rings is 2. The molecule has 2 aromatic carbocycles. The van der Waals surface area contributed by atoms with Crippen LogP contribution in [0, 0.1) is 0 Å². The number of para-hydroxylation sites is 1. The molecular formula is C17H16BrNO2. The Labute approximate surface area is 132 Å². The molecule has 0 amide bonds. The normalized spacial score (nSPS) is 16.1. The second kappa shape index (κ2) is 6.31. The Bertz CT molecular complexity index is 657. The summed E-state index contributed by atoms with van der Waals surface area (Å²) >= 11 is 3.45. The maximum absolute atomic E-state index is 12.0. The lowest BCUT2D eigenvalue weighted by Gasteiger charge is -2.10. The number of nitrogens with one attached hydrogen (secondary N) is 1. The molecule has 108 valence electrons. The summed E-state index contributed by atoms with van der Waals surface area (Å²) in [6, 6.07) is 15.9. The molecule has 21 heavy (non-hydrogen) atoms. The van der Waals surface area contributed by atoms with Gasteiger partial charge in [-0.3, -0.25) is 4.79 Å². The first-order valence-corrected chi connectivity index (χ1v) is 7.75. The number of ether oxygens (including phenoxy) is 1. The molecule has 1 aliphatic rings. The first-order valence-electron chi connectivity index (χ1n) is 6.96. The average Bonchev–Trinajstić information content (AvgIpc) is 2.90. The van der Waals surface area contributed by atoms with E-state index in [1.165, 1.54) is 5.56 Å². The van der Waals surface area contributed by atoms with Gasteiger partial charge in [-0.25, -0.2) is 0 Å². The van der Waals surface area contributed by atoms with Crippen molar-refractivity contribution >= 4 is 27.6 Å². The van der Waals surface area contributed by atoms with Crippen LogP contribution in [-0.2, 0) is 16.1 Å². The molecule has 1 heterocycles. The zero-order valence-electron chi connectivity index (χ0n) is 11.5. The molecule has 0 aromatic heterocycles. The summed E-state index contributed by atoms with van der Waals surface area (Å²) in [5.41, 5.74) is 3.31. The first kappa shape index (κ1) is 14.1. The van der Waals surface area contributed by atoms with Crippen LogP contribution in [0.15, 0.2) is 53.0 Å². The molecule has 0 saturated heterocycles. The van der Waals surface area contributed by atoms with Gasteiger partial charge in [0, 0.05) is 28.2 Å². The number of carbonyl (C=O) groups excluding carboxylic acids is 1. The van der Waals surface area contributed by atoms with Crippen LogP contribution in [0.25, 0.3) is 0 Å². The largest absolute Gasteiger partial charge is 0.461 e. The fraction of sp³-hybridized carbons (Fsp3) is 0.235. The van der Waals surface area contributed by atoms with Gasteiger partial charge in [-0.15, -0.1) is 0 Å². The highest BCUT2D eigenvalue weighted by Gasteiger charge is 2.24. The predicted octanol–water partition coefficient (Wildman–Crippen LogP) is 4.09. The van der Waals surface area contributed by atoms with E-state index in [9.17, 15) is 4.79 Å². The fourth-order valence-electron chi connectivity index (χ4n) is 2.57. The van der Waals surface area contributed by atoms with E-state index in [1.807, 2.05) is 42.5 Å². The highest BCUT2D eigenvalue weighted by molar-refractivity contribution is 9.10. The molecule has 2 aromatic rings. The minimum Gasteiger partial charge on any atom is -0.461 e. The van der Waals surface area contributed by atoms with Gasteiger partial charge in [0.1, 0.15) is 6.61 Å². The Hall–Kier alpha value is -1.81. The van der Waals surface area contributed by atoms with Gasteiger partial charge in [0.2, 0.25) is 0 Å². The predicted molar refractivity (Wildman–Crippen MR) is 86.2 cm³/mol. The number of fused-ring (bicyclic) bond motifs is 1. The lowest BCUT2D eigenvalue weighted by atomic mass is 9.98. The summed E-state index contributed by atoms with van der Waals surface area (Å²) < 4.78 is 6.35. The Morgan fingerprint density at radius 2 is 1.95 bits per heavy atom. The van der Waals surface area contributed by atoms with Gasteiger partial charge in [-0.05, 0) is 17.7 Å². The number of carbonyl (C=O) groups is 1. The van der Waals surface area contributed by atoms with Gasteiger partial charge in [0.15, 0.2) is 0 Å². The lowest BCUT2D eigenvalue weighted by Crippen LogP contribution is -2.12. The van der Waals surface area contributed by atoms with Crippen molar-refractivity contribution in [3.8, 4) is 0 Å². The quantitative estimate of drug-likeness (QED) is 0.848. The van der Waals surface area contributed by atoms with Crippen LogP contribution in [-0.4, -0.2) is 12.5 Å². The van der Waals surface area contributed by atoms with E-state index in [0.717, 1.165) is 22.3 Å². The van der Waals surface area contributed by atoms with Gasteiger partial charge in [0.05, 0.1) is 6.42 Å². The third-order valence-electron chi connectivity index (χ3n) is 3.70. The van der Waals surface area contributed by atoms with Crippen LogP contribution in [0.3, 0.4) is 0 Å². The van der Waals surface area contributed by atoms with Crippen molar-refractivity contribution in [2.75, 3.05) is 11.9 Å². The second-order valence-corrected chi connectivity index (χ2v) is 5.98. The van der Waals surface area contributed by atoms with Crippen molar-refractivity contribution < 1.29 is 9.53 Å². The van der Waals surface area contributed by atoms with Gasteiger partial charge < -0.3 is 10.1 Å². The number of hydrogen-bond acceptors (Lipinski definition) is 3. The molecule has 0 spiro atoms. The van der Waals surface area contributed by atoms with E-state index in [-0.39, 0.29) is 11.9 Å². The zero-order chi connectivity index (χ0) is 14.7. The molecule has 0 radical (unpaired) electrons. The van der Waals surface area contributed by atoms with Crippen LogP contribution in [0.4, 0.5) is 5.69 Å². The minimum absolute atomic E-state index is 0.158. The van der Waals surface area contributed by atoms with Crippen LogP contribution in [0.1, 0.15) is 23.5 Å². The summed E-state index contributed by atoms with van der Waals surface area (Å²) in [5.74, 6) is 0.0437. The molecule has 3 rings (SSSR count). The molecule has 0 bridgehead atoms. The molecule has 1 aliphatic heterocycles. The number of anilines is 1. The maximum Gasteiger partial charge on any atom is 0.306 e. The van der Waals surface area contributed by atoms with E-state index >= 15 is 0 Å². The standard InChI is InChI=1S/C17H16BrNO2/c18-15-7-3-1-5-12(15)11-21-17(20)9-13-10-19-16-8-4-2-6-14(13)16/h1-8,13,19H,9-11H2. The molecule has 0 saturated carbocycles. The molecule has 3 nitrogen and oxygen atoms in total. The number of hydrogen-bond donors (Lipinski definition) is 1. The molecule has 4 heteroatoms. The maximum atomic E-state index is 12.0. The lowest BCUT2D eigenvalue weighted by molar-refractivity contribution is -0.145. The second-order valence-electron chi connectivity index (χ2n) is 5.12. The summed E-state index contributed by atoms with van der Waals surface area (Å²) in [7, 11) is 0. The van der Waals surface area contributed by atoms with Crippen molar-refractivity contribution in [3.05, 3.63) is 64.1 Å². The first-order chi connectivity index (χ1) is 10.2. The number of rotatable bonds is 4. The molecule has 0 fully saturated rings. The van der Waals surface area contributed by atoms with Crippen molar-refractivity contribution in [3.63, 3.8) is 0 Å². The third kappa shape index (κ3) is 3.27. The summed E-state index contributed by atoms with van der Waals surface area (Å²) in [4.78, 5) is 12.0. The summed E-state index contributed by atoms with van der Waals surface area (Å²) in [6.45, 7) is 1.10. The van der Waals surface area contributed by atoms with Crippen LogP contribution in [0.5, 0.6) is 0 Å². The number of halogens is 1. The van der Waals surface area contributed by atoms with Crippen LogP contribution < -0.4 is 5.32 Å². The summed E-state index contributed by atoms with van der Waals surface area (Å²) in [5, 5.41) is 3.32. The van der Waals surface area contributed by atoms with E-state index in [4.69, 9.17) is 4.74 Å². The third-order valence-corrected chi connectivity index (χ3v) is 4.47. The van der Waals surface area contributed by atoms with Crippen LogP contribution in [0.2, 0.25) is 0 Å². The Balaban J connectivity index is 1.57. The summed E-state index contributed by atoms with van der Waals surface area (Å²) in [6.07, 6.45) is 0.411. The Morgan fingerprint density at radius 3 is 2.81 bits per heavy atom. The minimum atomic E-state index is -0.158. The zero-order valence-corrected chi connectivity index (χ0v) is 13.1. The van der Waals surface area contributed by atoms with Crippen molar-refractivity contribution in [2.45, 2.75) is 18.9 Å². The van der Waals surface area contributed by atoms with Gasteiger partial charge >= 0.3 is 5.97 Å². The van der Waals surface area contributed by atoms with Gasteiger partial charge in [0.25, 0.3) is 0 Å². The molecule has 1 atom stereocenters. The number of esters is 1. The molecule has 1 unspecified atom stereocenters. The van der Waals surface area contributed by atoms with Crippen molar-refractivity contribution in [1.29, 1.82) is 0 Å². The van der Waals surface area contributed by atoms with Crippen LogP contribution >= 0.6 is 15.9 Å². The Morgan fingerprint density at radius 1 is 1.19 bits per heavy atom. The highest BCUT2D eigenvalue weighted by Crippen LogP contribution is 2.33. The monoisotopic (exact) mass is 345 g/mol. The van der Waals surface area contributed by atoms with Crippen molar-refractivity contribution in [2.24, 2.45) is 0 Å². The smallest absolute Gasteiger partial charge is 0.306 e. The topological polar surface area (TPSA) is 38.3 Å². The molecule has 0 aliphatic carbocycles. The van der Waals surface area contributed by atoms with E-state index in [0.29, 0.717) is 13.0 Å². The average molecular weight is 346 g/mol. The van der Waals surface area contributed by atoms with E-state index in [2.05, 4.69) is 27.3 Å². The molecule has 1 N–H and O–H groups in total. The fourth-order valence-corrected chi connectivity index (χ4v) is 2.97. The highest BCUT2D eigenvalue weighted by atomic mass is 79.9. The van der Waals surface area contributed by atoms with E-state index in [1.54, 1.807) is 0 Å². The van der Waals surface area contributed by atoms with Crippen molar-refractivity contribution in [1.82, 2.24) is 0 Å². The molecular weight excluding hydrogens is 330 g/mol. The SMILES string of the molecule is O=C(CC1CNc2ccccc21)OCc1ccccc1Br. The Kier molecular flexibility index (Phi) is 4.25.